The number of benzene rings is 1. The molecule has 4 heteroatoms. The Morgan fingerprint density at radius 1 is 1.33 bits per heavy atom. The summed E-state index contributed by atoms with van der Waals surface area (Å²) >= 11 is 0. The highest BCUT2D eigenvalue weighted by Gasteiger charge is 2.12. The minimum atomic E-state index is 0.392. The fourth-order valence-electron chi connectivity index (χ4n) is 1.52. The monoisotopic (exact) mass is 201 g/mol. The summed E-state index contributed by atoms with van der Waals surface area (Å²) in [6, 6.07) is 9.67. The first-order valence-corrected chi connectivity index (χ1v) is 4.81. The van der Waals surface area contributed by atoms with Gasteiger partial charge in [-0.1, -0.05) is 35.5 Å². The largest absolute Gasteiger partial charge is 0.296 e. The van der Waals surface area contributed by atoms with Crippen molar-refractivity contribution in [2.24, 2.45) is 0 Å². The van der Waals surface area contributed by atoms with Gasteiger partial charge in [-0.15, -0.1) is 5.10 Å². The van der Waals surface area contributed by atoms with E-state index in [1.165, 1.54) is 0 Å². The standard InChI is InChI=1S/C11H11N3O/c1-2-14-11(10(8-15)12-13-14)9-6-4-3-5-7-9/h3-8H,2H2,1H3. The van der Waals surface area contributed by atoms with Crippen molar-refractivity contribution < 1.29 is 4.79 Å². The second-order valence-corrected chi connectivity index (χ2v) is 3.12. The van der Waals surface area contributed by atoms with Crippen molar-refractivity contribution in [1.29, 1.82) is 0 Å². The number of rotatable bonds is 3. The van der Waals surface area contributed by atoms with Crippen LogP contribution in [0.5, 0.6) is 0 Å². The van der Waals surface area contributed by atoms with Crippen molar-refractivity contribution >= 4 is 6.29 Å². The number of nitrogens with zero attached hydrogens (tertiary/aromatic N) is 3. The summed E-state index contributed by atoms with van der Waals surface area (Å²) in [5, 5.41) is 7.74. The summed E-state index contributed by atoms with van der Waals surface area (Å²) in [4.78, 5) is 10.8. The molecule has 1 heterocycles. The predicted octanol–water partition coefficient (Wildman–Crippen LogP) is 1.78. The van der Waals surface area contributed by atoms with Crippen LogP contribution < -0.4 is 0 Å². The van der Waals surface area contributed by atoms with Crippen molar-refractivity contribution in [3.8, 4) is 11.3 Å². The Labute approximate surface area is 87.5 Å². The molecule has 0 saturated carbocycles. The lowest BCUT2D eigenvalue weighted by molar-refractivity contribution is 0.111. The van der Waals surface area contributed by atoms with E-state index in [1.807, 2.05) is 37.3 Å². The first kappa shape index (κ1) is 9.58. The maximum atomic E-state index is 10.8. The van der Waals surface area contributed by atoms with Gasteiger partial charge >= 0.3 is 0 Å². The van der Waals surface area contributed by atoms with Crippen LogP contribution >= 0.6 is 0 Å². The molecule has 0 fully saturated rings. The SMILES string of the molecule is CCn1nnc(C=O)c1-c1ccccc1. The quantitative estimate of drug-likeness (QED) is 0.711. The molecule has 0 N–H and O–H groups in total. The van der Waals surface area contributed by atoms with Gasteiger partial charge in [0.25, 0.3) is 0 Å². The van der Waals surface area contributed by atoms with E-state index in [2.05, 4.69) is 10.3 Å². The van der Waals surface area contributed by atoms with Crippen LogP contribution in [-0.4, -0.2) is 21.3 Å². The Morgan fingerprint density at radius 2 is 2.07 bits per heavy atom. The Kier molecular flexibility index (Phi) is 2.58. The Balaban J connectivity index is 2.59. The molecule has 0 saturated heterocycles. The molecule has 2 aromatic rings. The van der Waals surface area contributed by atoms with Crippen LogP contribution in [0.25, 0.3) is 11.3 Å². The van der Waals surface area contributed by atoms with Crippen LogP contribution in [0.2, 0.25) is 0 Å². The number of carbonyl (C=O) groups excluding carboxylic acids is 1. The van der Waals surface area contributed by atoms with E-state index >= 15 is 0 Å². The lowest BCUT2D eigenvalue weighted by Gasteiger charge is -2.03. The van der Waals surface area contributed by atoms with Gasteiger partial charge in [-0.2, -0.15) is 0 Å². The zero-order valence-electron chi connectivity index (χ0n) is 8.42. The number of hydrogen-bond donors (Lipinski definition) is 0. The minimum Gasteiger partial charge on any atom is -0.296 e. The molecule has 0 aliphatic rings. The van der Waals surface area contributed by atoms with Gasteiger partial charge in [0.2, 0.25) is 0 Å². The average Bonchev–Trinajstić information content (AvgIpc) is 2.72. The number of aryl methyl sites for hydroxylation is 1. The number of carbonyl (C=O) groups is 1. The van der Waals surface area contributed by atoms with Gasteiger partial charge in [-0.3, -0.25) is 4.79 Å². The van der Waals surface area contributed by atoms with E-state index in [1.54, 1.807) is 4.68 Å². The van der Waals surface area contributed by atoms with Crippen LogP contribution in [0.4, 0.5) is 0 Å². The van der Waals surface area contributed by atoms with E-state index in [-0.39, 0.29) is 0 Å². The molecule has 0 bridgehead atoms. The van der Waals surface area contributed by atoms with Crippen molar-refractivity contribution in [3.63, 3.8) is 0 Å². The summed E-state index contributed by atoms with van der Waals surface area (Å²) in [5.41, 5.74) is 2.14. The van der Waals surface area contributed by atoms with Crippen molar-refractivity contribution in [2.75, 3.05) is 0 Å². The fraction of sp³-hybridized carbons (Fsp3) is 0.182. The maximum absolute atomic E-state index is 10.8. The molecule has 76 valence electrons. The van der Waals surface area contributed by atoms with Crippen LogP contribution in [0, 0.1) is 0 Å². The Morgan fingerprint density at radius 3 is 2.67 bits per heavy atom. The first-order chi connectivity index (χ1) is 7.36. The van der Waals surface area contributed by atoms with E-state index in [0.29, 0.717) is 12.2 Å². The minimum absolute atomic E-state index is 0.392. The summed E-state index contributed by atoms with van der Waals surface area (Å²) in [7, 11) is 0. The maximum Gasteiger partial charge on any atom is 0.172 e. The summed E-state index contributed by atoms with van der Waals surface area (Å²) < 4.78 is 1.72. The molecule has 0 atom stereocenters. The number of hydrogen-bond acceptors (Lipinski definition) is 3. The summed E-state index contributed by atoms with van der Waals surface area (Å²) in [5.74, 6) is 0. The number of aldehydes is 1. The highest BCUT2D eigenvalue weighted by atomic mass is 16.1. The predicted molar refractivity (Wildman–Crippen MR) is 56.5 cm³/mol. The van der Waals surface area contributed by atoms with Gasteiger partial charge in [0.05, 0.1) is 5.69 Å². The van der Waals surface area contributed by atoms with E-state index in [9.17, 15) is 4.79 Å². The molecule has 0 radical (unpaired) electrons. The lowest BCUT2D eigenvalue weighted by Crippen LogP contribution is -1.99. The van der Waals surface area contributed by atoms with Gasteiger partial charge < -0.3 is 0 Å². The molecule has 0 spiro atoms. The molecular formula is C11H11N3O. The average molecular weight is 201 g/mol. The van der Waals surface area contributed by atoms with E-state index in [0.717, 1.165) is 17.5 Å². The van der Waals surface area contributed by atoms with Gasteiger partial charge in [-0.25, -0.2) is 4.68 Å². The molecular weight excluding hydrogens is 190 g/mol. The van der Waals surface area contributed by atoms with Crippen LogP contribution in [0.15, 0.2) is 30.3 Å². The molecule has 0 amide bonds. The van der Waals surface area contributed by atoms with Crippen molar-refractivity contribution in [2.45, 2.75) is 13.5 Å². The molecule has 1 aromatic heterocycles. The zero-order valence-corrected chi connectivity index (χ0v) is 8.42. The van der Waals surface area contributed by atoms with Gasteiger partial charge in [0.1, 0.15) is 0 Å². The third-order valence-corrected chi connectivity index (χ3v) is 2.22. The Bertz CT molecular complexity index is 462. The molecule has 4 nitrogen and oxygen atoms in total. The highest BCUT2D eigenvalue weighted by Crippen LogP contribution is 2.20. The Hall–Kier alpha value is -1.97. The van der Waals surface area contributed by atoms with Crippen LogP contribution in [-0.2, 0) is 6.54 Å². The molecule has 2 rings (SSSR count). The van der Waals surface area contributed by atoms with Gasteiger partial charge in [0, 0.05) is 12.1 Å². The molecule has 15 heavy (non-hydrogen) atoms. The van der Waals surface area contributed by atoms with Crippen LogP contribution in [0.1, 0.15) is 17.4 Å². The molecule has 0 aliphatic heterocycles. The second kappa shape index (κ2) is 4.04. The normalized spacial score (nSPS) is 10.2. The topological polar surface area (TPSA) is 47.8 Å². The summed E-state index contributed by atoms with van der Waals surface area (Å²) in [6.45, 7) is 2.67. The first-order valence-electron chi connectivity index (χ1n) is 4.81. The fourth-order valence-corrected chi connectivity index (χ4v) is 1.52. The van der Waals surface area contributed by atoms with E-state index in [4.69, 9.17) is 0 Å². The number of aromatic nitrogens is 3. The van der Waals surface area contributed by atoms with E-state index < -0.39 is 0 Å². The van der Waals surface area contributed by atoms with Crippen molar-refractivity contribution in [3.05, 3.63) is 36.0 Å². The zero-order chi connectivity index (χ0) is 10.7. The highest BCUT2D eigenvalue weighted by molar-refractivity contribution is 5.83. The third-order valence-electron chi connectivity index (χ3n) is 2.22. The van der Waals surface area contributed by atoms with Gasteiger partial charge in [-0.05, 0) is 6.92 Å². The smallest absolute Gasteiger partial charge is 0.172 e. The van der Waals surface area contributed by atoms with Gasteiger partial charge in [0.15, 0.2) is 12.0 Å². The molecule has 0 unspecified atom stereocenters. The molecule has 1 aromatic carbocycles. The van der Waals surface area contributed by atoms with Crippen LogP contribution in [0.3, 0.4) is 0 Å². The molecule has 0 aliphatic carbocycles. The second-order valence-electron chi connectivity index (χ2n) is 3.12. The third kappa shape index (κ3) is 1.66. The van der Waals surface area contributed by atoms with Crippen molar-refractivity contribution in [1.82, 2.24) is 15.0 Å². The lowest BCUT2D eigenvalue weighted by atomic mass is 10.1. The summed E-state index contributed by atoms with van der Waals surface area (Å²) in [6.07, 6.45) is 0.738.